The monoisotopic (exact) mass is 594 g/mol. The zero-order chi connectivity index (χ0) is 30.6. The van der Waals surface area contributed by atoms with Crippen LogP contribution < -0.4 is 4.74 Å². The van der Waals surface area contributed by atoms with Gasteiger partial charge in [-0.15, -0.1) is 0 Å². The molecule has 0 aliphatic carbocycles. The average molecular weight is 595 g/mol. The van der Waals surface area contributed by atoms with Gasteiger partial charge in [0.25, 0.3) is 5.91 Å². The van der Waals surface area contributed by atoms with Gasteiger partial charge in [-0.05, 0) is 105 Å². The van der Waals surface area contributed by atoms with E-state index in [0.717, 1.165) is 64.2 Å². The number of nitrogens with zero attached hydrogens (tertiary/aromatic N) is 2. The van der Waals surface area contributed by atoms with E-state index in [2.05, 4.69) is 45.0 Å². The van der Waals surface area contributed by atoms with Crippen LogP contribution in [-0.4, -0.2) is 38.1 Å². The lowest BCUT2D eigenvalue weighted by atomic mass is 10.00. The largest absolute Gasteiger partial charge is 0.491 e. The molecule has 0 saturated heterocycles. The lowest BCUT2D eigenvalue weighted by molar-refractivity contribution is 0.0733. The summed E-state index contributed by atoms with van der Waals surface area (Å²) >= 11 is 0. The highest BCUT2D eigenvalue weighted by molar-refractivity contribution is 7.91. The van der Waals surface area contributed by atoms with E-state index in [-0.39, 0.29) is 15.7 Å². The first-order valence-electron chi connectivity index (χ1n) is 14.8. The molecule has 0 bridgehead atoms. The average Bonchev–Trinajstić information content (AvgIpc) is 3.23. The second kappa shape index (κ2) is 13.0. The number of unbranched alkanes of at least 4 members (excludes halogenated alkanes) is 1. The van der Waals surface area contributed by atoms with Crippen molar-refractivity contribution in [3.05, 3.63) is 107 Å². The zero-order valence-corrected chi connectivity index (χ0v) is 26.1. The van der Waals surface area contributed by atoms with E-state index in [1.54, 1.807) is 41.3 Å². The molecule has 1 amide bonds. The summed E-state index contributed by atoms with van der Waals surface area (Å²) in [6.07, 6.45) is 3.26. The third kappa shape index (κ3) is 6.89. The van der Waals surface area contributed by atoms with Gasteiger partial charge in [0.2, 0.25) is 9.84 Å². The van der Waals surface area contributed by atoms with Gasteiger partial charge in [0.05, 0.1) is 22.0 Å². The van der Waals surface area contributed by atoms with Gasteiger partial charge in [0.15, 0.2) is 0 Å². The van der Waals surface area contributed by atoms with E-state index in [4.69, 9.17) is 9.73 Å². The summed E-state index contributed by atoms with van der Waals surface area (Å²) in [7, 11) is -3.67. The number of fused-ring (bicyclic) bond motifs is 1. The molecule has 1 aliphatic heterocycles. The van der Waals surface area contributed by atoms with Crippen LogP contribution in [0.1, 0.15) is 60.2 Å². The van der Waals surface area contributed by atoms with Crippen LogP contribution in [0.15, 0.2) is 99.7 Å². The molecule has 0 atom stereocenters. The first kappa shape index (κ1) is 30.2. The molecule has 222 valence electrons. The highest BCUT2D eigenvalue weighted by Crippen LogP contribution is 2.33. The van der Waals surface area contributed by atoms with Crippen molar-refractivity contribution in [2.24, 2.45) is 4.99 Å². The van der Waals surface area contributed by atoms with Gasteiger partial charge in [-0.3, -0.25) is 9.79 Å². The minimum Gasteiger partial charge on any atom is -0.491 e. The molecule has 0 unspecified atom stereocenters. The standard InChI is InChI=1S/C36H38N2O4S/c1-5-6-7-27(4)37-34-23-30(11-10-26(34)3)29-14-19-35-31(22-29)24-38(20-21-42-35)36(39)28-12-17-33(18-13-28)43(40,41)32-15-8-25(2)9-16-32/h8-19,22-23H,5-7,20-21,24H2,1-4H3. The van der Waals surface area contributed by atoms with Crippen LogP contribution in [0.5, 0.6) is 5.75 Å². The summed E-state index contributed by atoms with van der Waals surface area (Å²) in [5.74, 6) is 0.593. The topological polar surface area (TPSA) is 76.0 Å². The van der Waals surface area contributed by atoms with E-state index in [9.17, 15) is 13.2 Å². The van der Waals surface area contributed by atoms with Crippen molar-refractivity contribution in [3.63, 3.8) is 0 Å². The van der Waals surface area contributed by atoms with Gasteiger partial charge >= 0.3 is 0 Å². The summed E-state index contributed by atoms with van der Waals surface area (Å²) in [5.41, 5.74) is 7.67. The highest BCUT2D eigenvalue weighted by atomic mass is 32.2. The van der Waals surface area contributed by atoms with Crippen LogP contribution in [0.2, 0.25) is 0 Å². The maximum Gasteiger partial charge on any atom is 0.254 e. The summed E-state index contributed by atoms with van der Waals surface area (Å²) in [5, 5.41) is 0. The Bertz CT molecular complexity index is 1760. The number of carbonyl (C=O) groups is 1. The molecule has 0 saturated carbocycles. The number of aryl methyl sites for hydroxylation is 2. The van der Waals surface area contributed by atoms with Gasteiger partial charge in [-0.2, -0.15) is 0 Å². The molecule has 0 radical (unpaired) electrons. The molecule has 0 fully saturated rings. The van der Waals surface area contributed by atoms with Crippen molar-refractivity contribution in [2.75, 3.05) is 13.2 Å². The van der Waals surface area contributed by atoms with E-state index >= 15 is 0 Å². The fourth-order valence-corrected chi connectivity index (χ4v) is 6.42. The molecular weight excluding hydrogens is 556 g/mol. The highest BCUT2D eigenvalue weighted by Gasteiger charge is 2.23. The van der Waals surface area contributed by atoms with Crippen molar-refractivity contribution >= 4 is 27.1 Å². The van der Waals surface area contributed by atoms with Crippen molar-refractivity contribution in [1.29, 1.82) is 0 Å². The zero-order valence-electron chi connectivity index (χ0n) is 25.3. The minimum atomic E-state index is -3.67. The van der Waals surface area contributed by atoms with Crippen molar-refractivity contribution in [3.8, 4) is 16.9 Å². The number of benzene rings is 4. The predicted octanol–water partition coefficient (Wildman–Crippen LogP) is 8.12. The Kier molecular flexibility index (Phi) is 9.11. The van der Waals surface area contributed by atoms with Gasteiger partial charge in [-0.25, -0.2) is 8.42 Å². The summed E-state index contributed by atoms with van der Waals surface area (Å²) in [6, 6.07) is 25.4. The van der Waals surface area contributed by atoms with Gasteiger partial charge in [0.1, 0.15) is 12.4 Å². The molecule has 0 N–H and O–H groups in total. The Hall–Kier alpha value is -4.23. The molecule has 1 heterocycles. The number of amides is 1. The van der Waals surface area contributed by atoms with Crippen LogP contribution in [0.3, 0.4) is 0 Å². The molecular formula is C36H38N2O4S. The number of aliphatic imine (C=N–C) groups is 1. The van der Waals surface area contributed by atoms with Gasteiger partial charge < -0.3 is 9.64 Å². The predicted molar refractivity (Wildman–Crippen MR) is 172 cm³/mol. The molecule has 1 aliphatic rings. The Labute approximate surface area is 255 Å². The molecule has 7 heteroatoms. The molecule has 5 rings (SSSR count). The second-order valence-corrected chi connectivity index (χ2v) is 13.1. The first-order valence-corrected chi connectivity index (χ1v) is 16.3. The summed E-state index contributed by atoms with van der Waals surface area (Å²) in [6.45, 7) is 9.45. The number of carbonyl (C=O) groups excluding carboxylic acids is 1. The van der Waals surface area contributed by atoms with E-state index in [1.165, 1.54) is 12.1 Å². The number of rotatable bonds is 8. The van der Waals surface area contributed by atoms with Crippen LogP contribution in [0.25, 0.3) is 11.1 Å². The Balaban J connectivity index is 1.36. The smallest absolute Gasteiger partial charge is 0.254 e. The van der Waals surface area contributed by atoms with Crippen LogP contribution in [0, 0.1) is 13.8 Å². The van der Waals surface area contributed by atoms with E-state index in [1.807, 2.05) is 19.1 Å². The SMILES string of the molecule is CCCCC(C)=Nc1cc(-c2ccc3c(c2)CN(C(=O)c2ccc(S(=O)(=O)c4ccc(C)cc4)cc2)CCO3)ccc1C. The molecule has 0 spiro atoms. The van der Waals surface area contributed by atoms with E-state index < -0.39 is 9.84 Å². The van der Waals surface area contributed by atoms with Gasteiger partial charge in [0, 0.05) is 23.4 Å². The third-order valence-corrected chi connectivity index (χ3v) is 9.60. The van der Waals surface area contributed by atoms with Crippen LogP contribution in [-0.2, 0) is 16.4 Å². The Morgan fingerprint density at radius 3 is 2.23 bits per heavy atom. The molecule has 4 aromatic carbocycles. The quantitative estimate of drug-likeness (QED) is 0.193. The number of hydrogen-bond donors (Lipinski definition) is 0. The lowest BCUT2D eigenvalue weighted by Crippen LogP contribution is -2.32. The summed E-state index contributed by atoms with van der Waals surface area (Å²) in [4.78, 5) is 20.6. The van der Waals surface area contributed by atoms with Gasteiger partial charge in [-0.1, -0.05) is 49.2 Å². The molecule has 0 aromatic heterocycles. The maximum atomic E-state index is 13.6. The fraction of sp³-hybridized carbons (Fsp3) is 0.278. The lowest BCUT2D eigenvalue weighted by Gasteiger charge is -2.20. The van der Waals surface area contributed by atoms with Crippen LogP contribution in [0.4, 0.5) is 5.69 Å². The first-order chi connectivity index (χ1) is 20.7. The summed E-state index contributed by atoms with van der Waals surface area (Å²) < 4.78 is 32.2. The normalized spacial score (nSPS) is 13.7. The Morgan fingerprint density at radius 2 is 1.53 bits per heavy atom. The number of hydrogen-bond acceptors (Lipinski definition) is 5. The van der Waals surface area contributed by atoms with E-state index in [0.29, 0.717) is 25.3 Å². The third-order valence-electron chi connectivity index (χ3n) is 7.82. The van der Waals surface area contributed by atoms with Crippen molar-refractivity contribution in [2.45, 2.75) is 63.3 Å². The number of sulfone groups is 1. The van der Waals surface area contributed by atoms with Crippen LogP contribution >= 0.6 is 0 Å². The minimum absolute atomic E-state index is 0.157. The Morgan fingerprint density at radius 1 is 0.884 bits per heavy atom. The van der Waals surface area contributed by atoms with Crippen molar-refractivity contribution in [1.82, 2.24) is 4.90 Å². The molecule has 43 heavy (non-hydrogen) atoms. The maximum absolute atomic E-state index is 13.6. The fourth-order valence-electron chi connectivity index (χ4n) is 5.16. The molecule has 6 nitrogen and oxygen atoms in total. The number of ether oxygens (including phenoxy) is 1. The molecule has 4 aromatic rings. The van der Waals surface area contributed by atoms with Crippen molar-refractivity contribution < 1.29 is 17.9 Å². The second-order valence-electron chi connectivity index (χ2n) is 11.2.